The van der Waals surface area contributed by atoms with Crippen LogP contribution in [-0.4, -0.2) is 49.7 Å². The summed E-state index contributed by atoms with van der Waals surface area (Å²) in [7, 11) is 1.69. The summed E-state index contributed by atoms with van der Waals surface area (Å²) in [5.74, 6) is -0.865. The molecule has 1 N–H and O–H groups in total. The summed E-state index contributed by atoms with van der Waals surface area (Å²) in [6, 6.07) is 6.02. The molecule has 3 rings (SSSR count). The number of amides is 1. The van der Waals surface area contributed by atoms with E-state index >= 15 is 0 Å². The van der Waals surface area contributed by atoms with E-state index in [2.05, 4.69) is 15.5 Å². The molecule has 2 aromatic heterocycles. The summed E-state index contributed by atoms with van der Waals surface area (Å²) in [5, 5.41) is 22.5. The SMILES string of the molecule is CCOC(=O)c1c(NC(=O)CSc2nnc(-c3cccc([N+](=O)[O-])c3)n2C)sc(C(C)=O)c1C. The van der Waals surface area contributed by atoms with Crippen molar-refractivity contribution in [3.05, 3.63) is 50.4 Å². The molecular weight excluding hydrogens is 482 g/mol. The van der Waals surface area contributed by atoms with Crippen LogP contribution in [0.3, 0.4) is 0 Å². The number of nitrogens with one attached hydrogen (secondary N) is 1. The maximum atomic E-state index is 12.6. The molecule has 0 aliphatic carbocycles. The second kappa shape index (κ2) is 10.6. The van der Waals surface area contributed by atoms with Gasteiger partial charge in [-0.25, -0.2) is 4.79 Å². The van der Waals surface area contributed by atoms with E-state index in [-0.39, 0.29) is 34.4 Å². The molecule has 2 heterocycles. The van der Waals surface area contributed by atoms with Crippen LogP contribution in [0.5, 0.6) is 0 Å². The van der Waals surface area contributed by atoms with Crippen LogP contribution in [0.2, 0.25) is 0 Å². The Bertz CT molecular complexity index is 1280. The number of nitrogens with zero attached hydrogens (tertiary/aromatic N) is 4. The van der Waals surface area contributed by atoms with Crippen molar-refractivity contribution in [1.82, 2.24) is 14.8 Å². The first kappa shape index (κ1) is 25.1. The average Bonchev–Trinajstić information content (AvgIpc) is 3.31. The van der Waals surface area contributed by atoms with E-state index < -0.39 is 16.8 Å². The number of carbonyl (C=O) groups is 3. The summed E-state index contributed by atoms with van der Waals surface area (Å²) in [6.07, 6.45) is 0. The number of rotatable bonds is 9. The molecule has 0 aliphatic rings. The van der Waals surface area contributed by atoms with Crippen molar-refractivity contribution in [1.29, 1.82) is 0 Å². The third-order valence-corrected chi connectivity index (χ3v) is 7.01. The van der Waals surface area contributed by atoms with Gasteiger partial charge in [-0.1, -0.05) is 23.9 Å². The highest BCUT2D eigenvalue weighted by Gasteiger charge is 2.25. The van der Waals surface area contributed by atoms with Gasteiger partial charge in [-0.15, -0.1) is 21.5 Å². The first-order valence-electron chi connectivity index (χ1n) is 10.0. The van der Waals surface area contributed by atoms with Crippen molar-refractivity contribution in [2.75, 3.05) is 17.7 Å². The number of nitro benzene ring substituents is 1. The normalized spacial score (nSPS) is 10.7. The van der Waals surface area contributed by atoms with E-state index in [9.17, 15) is 24.5 Å². The number of nitro groups is 1. The Morgan fingerprint density at radius 2 is 2.03 bits per heavy atom. The van der Waals surface area contributed by atoms with E-state index in [1.54, 1.807) is 37.6 Å². The molecule has 1 amide bonds. The molecule has 0 radical (unpaired) electrons. The quantitative estimate of drug-likeness (QED) is 0.151. The number of carbonyl (C=O) groups excluding carboxylic acids is 3. The number of Topliss-reactive ketones (excluding diaryl/α,β-unsaturated/α-hetero) is 1. The van der Waals surface area contributed by atoms with Crippen LogP contribution in [-0.2, 0) is 16.6 Å². The Morgan fingerprint density at radius 3 is 2.68 bits per heavy atom. The molecular formula is C21H21N5O6S2. The second-order valence-corrected chi connectivity index (χ2v) is 9.01. The Labute approximate surface area is 202 Å². The van der Waals surface area contributed by atoms with E-state index in [0.29, 0.717) is 27.0 Å². The Morgan fingerprint density at radius 1 is 1.29 bits per heavy atom. The fourth-order valence-electron chi connectivity index (χ4n) is 3.13. The van der Waals surface area contributed by atoms with Gasteiger partial charge >= 0.3 is 5.97 Å². The van der Waals surface area contributed by atoms with Crippen molar-refractivity contribution in [3.63, 3.8) is 0 Å². The molecule has 178 valence electrons. The number of non-ortho nitro benzene ring substituents is 1. The standard InChI is InChI=1S/C21H21N5O6S2/c1-5-32-20(29)16-11(2)17(12(3)27)34-19(16)22-15(28)10-33-21-24-23-18(25(21)4)13-7-6-8-14(9-13)26(30)31/h6-9H,5,10H2,1-4H3,(H,22,28). The summed E-state index contributed by atoms with van der Waals surface area (Å²) < 4.78 is 6.70. The second-order valence-electron chi connectivity index (χ2n) is 7.05. The molecule has 3 aromatic rings. The first-order chi connectivity index (χ1) is 16.1. The molecule has 0 spiro atoms. The fourth-order valence-corrected chi connectivity index (χ4v) is 4.95. The summed E-state index contributed by atoms with van der Waals surface area (Å²) in [5.41, 5.74) is 1.09. The van der Waals surface area contributed by atoms with Gasteiger partial charge in [0.25, 0.3) is 5.69 Å². The number of hydrogen-bond donors (Lipinski definition) is 1. The maximum Gasteiger partial charge on any atom is 0.341 e. The fraction of sp³-hybridized carbons (Fsp3) is 0.286. The lowest BCUT2D eigenvalue weighted by molar-refractivity contribution is -0.384. The Kier molecular flexibility index (Phi) is 7.79. The highest BCUT2D eigenvalue weighted by molar-refractivity contribution is 7.99. The summed E-state index contributed by atoms with van der Waals surface area (Å²) in [4.78, 5) is 47.8. The van der Waals surface area contributed by atoms with Crippen LogP contribution in [0.1, 0.15) is 39.4 Å². The summed E-state index contributed by atoms with van der Waals surface area (Å²) >= 11 is 2.13. The zero-order chi connectivity index (χ0) is 25.0. The predicted molar refractivity (Wildman–Crippen MR) is 127 cm³/mol. The third-order valence-electron chi connectivity index (χ3n) is 4.68. The molecule has 1 aromatic carbocycles. The molecule has 0 saturated carbocycles. The Hall–Kier alpha value is -3.58. The maximum absolute atomic E-state index is 12.6. The smallest absolute Gasteiger partial charge is 0.341 e. The topological polar surface area (TPSA) is 146 Å². The zero-order valence-corrected chi connectivity index (χ0v) is 20.4. The largest absolute Gasteiger partial charge is 0.462 e. The highest BCUT2D eigenvalue weighted by atomic mass is 32.2. The zero-order valence-electron chi connectivity index (χ0n) is 18.8. The number of thiophene rings is 1. The minimum Gasteiger partial charge on any atom is -0.462 e. The van der Waals surface area contributed by atoms with Crippen molar-refractivity contribution >= 4 is 51.4 Å². The average molecular weight is 504 g/mol. The van der Waals surface area contributed by atoms with Gasteiger partial charge < -0.3 is 14.6 Å². The minimum atomic E-state index is -0.610. The van der Waals surface area contributed by atoms with Crippen molar-refractivity contribution in [3.8, 4) is 11.4 Å². The van der Waals surface area contributed by atoms with Crippen molar-refractivity contribution < 1.29 is 24.0 Å². The lowest BCUT2D eigenvalue weighted by Gasteiger charge is -2.07. The number of ether oxygens (including phenoxy) is 1. The molecule has 0 unspecified atom stereocenters. The van der Waals surface area contributed by atoms with Gasteiger partial charge in [-0.3, -0.25) is 19.7 Å². The van der Waals surface area contributed by atoms with Crippen LogP contribution >= 0.6 is 23.1 Å². The van der Waals surface area contributed by atoms with Gasteiger partial charge in [-0.2, -0.15) is 0 Å². The number of benzene rings is 1. The lowest BCUT2D eigenvalue weighted by atomic mass is 10.1. The van der Waals surface area contributed by atoms with Crippen molar-refractivity contribution in [2.24, 2.45) is 7.05 Å². The van der Waals surface area contributed by atoms with Crippen LogP contribution in [0.4, 0.5) is 10.7 Å². The van der Waals surface area contributed by atoms with Crippen molar-refractivity contribution in [2.45, 2.75) is 25.9 Å². The number of anilines is 1. The van der Waals surface area contributed by atoms with Gasteiger partial charge in [0, 0.05) is 24.7 Å². The predicted octanol–water partition coefficient (Wildman–Crippen LogP) is 3.87. The van der Waals surface area contributed by atoms with Crippen LogP contribution in [0, 0.1) is 17.0 Å². The lowest BCUT2D eigenvalue weighted by Crippen LogP contribution is -2.16. The number of hydrogen-bond acceptors (Lipinski definition) is 10. The number of thioether (sulfide) groups is 1. The number of esters is 1. The number of aromatic nitrogens is 3. The van der Waals surface area contributed by atoms with Gasteiger partial charge in [0.1, 0.15) is 5.00 Å². The first-order valence-corrected chi connectivity index (χ1v) is 11.8. The molecule has 0 bridgehead atoms. The molecule has 11 nitrogen and oxygen atoms in total. The monoisotopic (exact) mass is 503 g/mol. The molecule has 0 aliphatic heterocycles. The van der Waals surface area contributed by atoms with Gasteiger partial charge in [0.15, 0.2) is 16.8 Å². The van der Waals surface area contributed by atoms with Crippen LogP contribution in [0.15, 0.2) is 29.4 Å². The van der Waals surface area contributed by atoms with E-state index in [1.165, 1.54) is 19.1 Å². The minimum absolute atomic E-state index is 0.0461. The van der Waals surface area contributed by atoms with Gasteiger partial charge in [0.05, 0.1) is 27.7 Å². The Balaban J connectivity index is 1.75. The van der Waals surface area contributed by atoms with Gasteiger partial charge in [-0.05, 0) is 26.3 Å². The molecule has 0 fully saturated rings. The molecule has 0 atom stereocenters. The third kappa shape index (κ3) is 5.31. The summed E-state index contributed by atoms with van der Waals surface area (Å²) in [6.45, 7) is 4.86. The van der Waals surface area contributed by atoms with E-state index in [1.807, 2.05) is 0 Å². The molecule has 13 heteroatoms. The van der Waals surface area contributed by atoms with E-state index in [0.717, 1.165) is 23.1 Å². The number of ketones is 1. The van der Waals surface area contributed by atoms with Crippen LogP contribution < -0.4 is 5.32 Å². The van der Waals surface area contributed by atoms with Gasteiger partial charge in [0.2, 0.25) is 5.91 Å². The van der Waals surface area contributed by atoms with E-state index in [4.69, 9.17) is 4.74 Å². The highest BCUT2D eigenvalue weighted by Crippen LogP contribution is 2.34. The molecule has 0 saturated heterocycles. The molecule has 34 heavy (non-hydrogen) atoms. The van der Waals surface area contributed by atoms with Crippen LogP contribution in [0.25, 0.3) is 11.4 Å².